The van der Waals surface area contributed by atoms with Crippen LogP contribution < -0.4 is 10.6 Å². The van der Waals surface area contributed by atoms with Crippen LogP contribution in [0, 0.1) is 15.9 Å². The van der Waals surface area contributed by atoms with Crippen LogP contribution in [0.5, 0.6) is 0 Å². The van der Waals surface area contributed by atoms with Gasteiger partial charge < -0.3 is 15.4 Å². The SMILES string of the molecule is CC(=O)N/C(=C\c1ccccc1)C(=O)OCC(=O)Nc1cc([N+](=O)[O-])ccc1F. The number of hydrogen-bond donors (Lipinski definition) is 2. The number of rotatable bonds is 7. The average molecular weight is 401 g/mol. The third kappa shape index (κ3) is 6.54. The first-order valence-electron chi connectivity index (χ1n) is 8.21. The van der Waals surface area contributed by atoms with Crippen LogP contribution in [0.1, 0.15) is 12.5 Å². The summed E-state index contributed by atoms with van der Waals surface area (Å²) in [5.41, 5.74) is -0.436. The Hall–Kier alpha value is -4.08. The predicted molar refractivity (Wildman–Crippen MR) is 101 cm³/mol. The Labute approximate surface area is 164 Å². The van der Waals surface area contributed by atoms with E-state index in [0.717, 1.165) is 18.2 Å². The van der Waals surface area contributed by atoms with Crippen LogP contribution in [0.15, 0.2) is 54.2 Å². The number of esters is 1. The van der Waals surface area contributed by atoms with Crippen molar-refractivity contribution in [3.63, 3.8) is 0 Å². The van der Waals surface area contributed by atoms with Gasteiger partial charge in [-0.1, -0.05) is 30.3 Å². The van der Waals surface area contributed by atoms with E-state index in [0.29, 0.717) is 5.56 Å². The van der Waals surface area contributed by atoms with Gasteiger partial charge in [0, 0.05) is 19.1 Å². The van der Waals surface area contributed by atoms with Crippen molar-refractivity contribution in [3.05, 3.63) is 75.7 Å². The Balaban J connectivity index is 2.05. The summed E-state index contributed by atoms with van der Waals surface area (Å²) in [6.45, 7) is 0.399. The molecule has 0 fully saturated rings. The molecule has 0 aliphatic rings. The molecule has 2 amide bonds. The summed E-state index contributed by atoms with van der Waals surface area (Å²) in [6, 6.07) is 11.2. The molecule has 0 aliphatic carbocycles. The molecule has 0 spiro atoms. The topological polar surface area (TPSA) is 128 Å². The zero-order valence-electron chi connectivity index (χ0n) is 15.2. The number of nitro groups is 1. The van der Waals surface area contributed by atoms with Gasteiger partial charge in [0.1, 0.15) is 11.5 Å². The lowest BCUT2D eigenvalue weighted by atomic mass is 10.2. The zero-order valence-corrected chi connectivity index (χ0v) is 15.2. The molecule has 150 valence electrons. The highest BCUT2D eigenvalue weighted by Crippen LogP contribution is 2.21. The van der Waals surface area contributed by atoms with Crippen molar-refractivity contribution in [2.75, 3.05) is 11.9 Å². The molecule has 29 heavy (non-hydrogen) atoms. The molecular weight excluding hydrogens is 385 g/mol. The maximum Gasteiger partial charge on any atom is 0.355 e. The van der Waals surface area contributed by atoms with E-state index in [2.05, 4.69) is 10.6 Å². The van der Waals surface area contributed by atoms with Crippen LogP contribution in [0.25, 0.3) is 6.08 Å². The van der Waals surface area contributed by atoms with Gasteiger partial charge in [-0.05, 0) is 17.7 Å². The summed E-state index contributed by atoms with van der Waals surface area (Å²) < 4.78 is 18.5. The lowest BCUT2D eigenvalue weighted by Gasteiger charge is -2.10. The minimum atomic E-state index is -0.987. The van der Waals surface area contributed by atoms with E-state index >= 15 is 0 Å². The molecule has 10 heteroatoms. The maximum absolute atomic E-state index is 13.7. The molecule has 0 radical (unpaired) electrons. The van der Waals surface area contributed by atoms with Gasteiger partial charge in [0.2, 0.25) is 5.91 Å². The van der Waals surface area contributed by atoms with Gasteiger partial charge in [-0.25, -0.2) is 9.18 Å². The number of halogens is 1. The molecule has 0 atom stereocenters. The van der Waals surface area contributed by atoms with Crippen LogP contribution >= 0.6 is 0 Å². The lowest BCUT2D eigenvalue weighted by Crippen LogP contribution is -2.29. The van der Waals surface area contributed by atoms with E-state index in [-0.39, 0.29) is 5.70 Å². The highest BCUT2D eigenvalue weighted by atomic mass is 19.1. The van der Waals surface area contributed by atoms with Gasteiger partial charge in [-0.2, -0.15) is 0 Å². The second-order valence-corrected chi connectivity index (χ2v) is 5.70. The van der Waals surface area contributed by atoms with E-state index < -0.39 is 46.5 Å². The molecule has 0 aromatic heterocycles. The van der Waals surface area contributed by atoms with Gasteiger partial charge in [0.05, 0.1) is 10.6 Å². The molecule has 0 aliphatic heterocycles. The second-order valence-electron chi connectivity index (χ2n) is 5.70. The third-order valence-corrected chi connectivity index (χ3v) is 3.41. The molecule has 0 bridgehead atoms. The predicted octanol–water partition coefficient (Wildman–Crippen LogP) is 2.39. The number of ether oxygens (including phenoxy) is 1. The van der Waals surface area contributed by atoms with Gasteiger partial charge >= 0.3 is 5.97 Å². The first-order chi connectivity index (χ1) is 13.8. The number of carbonyl (C=O) groups excluding carboxylic acids is 3. The van der Waals surface area contributed by atoms with Gasteiger partial charge in [-0.15, -0.1) is 0 Å². The number of nitrogens with one attached hydrogen (secondary N) is 2. The van der Waals surface area contributed by atoms with Crippen LogP contribution in [0.2, 0.25) is 0 Å². The normalized spacial score (nSPS) is 10.8. The van der Waals surface area contributed by atoms with E-state index in [9.17, 15) is 28.9 Å². The standard InChI is InChI=1S/C19H16FN3O6/c1-12(24)21-17(9-13-5-3-2-4-6-13)19(26)29-11-18(25)22-16-10-14(23(27)28)7-8-15(16)20/h2-10H,11H2,1H3,(H,21,24)(H,22,25)/b17-9-. The van der Waals surface area contributed by atoms with E-state index in [1.54, 1.807) is 30.3 Å². The minimum Gasteiger partial charge on any atom is -0.451 e. The van der Waals surface area contributed by atoms with Gasteiger partial charge in [-0.3, -0.25) is 19.7 Å². The van der Waals surface area contributed by atoms with Crippen molar-refractivity contribution in [3.8, 4) is 0 Å². The number of nitrogens with zero attached hydrogens (tertiary/aromatic N) is 1. The molecule has 2 N–H and O–H groups in total. The Morgan fingerprint density at radius 2 is 1.86 bits per heavy atom. The lowest BCUT2D eigenvalue weighted by molar-refractivity contribution is -0.384. The fraction of sp³-hybridized carbons (Fsp3) is 0.105. The van der Waals surface area contributed by atoms with Gasteiger partial charge in [0.25, 0.3) is 11.6 Å². The third-order valence-electron chi connectivity index (χ3n) is 3.41. The summed E-state index contributed by atoms with van der Waals surface area (Å²) in [6.07, 6.45) is 1.36. The monoisotopic (exact) mass is 401 g/mol. The Morgan fingerprint density at radius 3 is 2.48 bits per heavy atom. The molecule has 0 unspecified atom stereocenters. The van der Waals surface area contributed by atoms with Crippen LogP contribution in [0.4, 0.5) is 15.8 Å². The number of nitro benzene ring substituents is 1. The summed E-state index contributed by atoms with van der Waals surface area (Å²) in [5.74, 6) is -3.32. The molecule has 2 aromatic rings. The molecular formula is C19H16FN3O6. The Morgan fingerprint density at radius 1 is 1.17 bits per heavy atom. The number of anilines is 1. The zero-order chi connectivity index (χ0) is 21.4. The summed E-state index contributed by atoms with van der Waals surface area (Å²) in [5, 5.41) is 15.1. The summed E-state index contributed by atoms with van der Waals surface area (Å²) in [7, 11) is 0. The van der Waals surface area contributed by atoms with Crippen molar-refractivity contribution in [2.45, 2.75) is 6.92 Å². The number of non-ortho nitro benzene ring substituents is 1. The van der Waals surface area contributed by atoms with E-state index in [4.69, 9.17) is 4.74 Å². The van der Waals surface area contributed by atoms with Crippen LogP contribution in [-0.4, -0.2) is 29.3 Å². The average Bonchev–Trinajstić information content (AvgIpc) is 2.67. The first-order valence-corrected chi connectivity index (χ1v) is 8.21. The molecule has 9 nitrogen and oxygen atoms in total. The fourth-order valence-corrected chi connectivity index (χ4v) is 2.17. The number of amides is 2. The van der Waals surface area contributed by atoms with Crippen molar-refractivity contribution in [1.82, 2.24) is 5.32 Å². The first kappa shape index (κ1) is 21.2. The van der Waals surface area contributed by atoms with Crippen molar-refractivity contribution in [1.29, 1.82) is 0 Å². The van der Waals surface area contributed by atoms with Gasteiger partial charge in [0.15, 0.2) is 6.61 Å². The smallest absolute Gasteiger partial charge is 0.355 e. The molecule has 2 rings (SSSR count). The largest absolute Gasteiger partial charge is 0.451 e. The fourth-order valence-electron chi connectivity index (χ4n) is 2.17. The Bertz CT molecular complexity index is 975. The van der Waals surface area contributed by atoms with E-state index in [1.807, 2.05) is 0 Å². The van der Waals surface area contributed by atoms with E-state index in [1.165, 1.54) is 13.0 Å². The highest BCUT2D eigenvalue weighted by molar-refractivity contribution is 5.99. The summed E-state index contributed by atoms with van der Waals surface area (Å²) >= 11 is 0. The van der Waals surface area contributed by atoms with Crippen molar-refractivity contribution >= 4 is 35.2 Å². The molecule has 0 saturated carbocycles. The Kier molecular flexibility index (Phi) is 7.13. The quantitative estimate of drug-likeness (QED) is 0.317. The van der Waals surface area contributed by atoms with Crippen molar-refractivity contribution < 1.29 is 28.4 Å². The molecule has 0 saturated heterocycles. The number of benzene rings is 2. The highest BCUT2D eigenvalue weighted by Gasteiger charge is 2.17. The van der Waals surface area contributed by atoms with Crippen LogP contribution in [0.3, 0.4) is 0 Å². The van der Waals surface area contributed by atoms with Crippen molar-refractivity contribution in [2.24, 2.45) is 0 Å². The maximum atomic E-state index is 13.7. The second kappa shape index (κ2) is 9.74. The van der Waals surface area contributed by atoms with Crippen LogP contribution in [-0.2, 0) is 19.1 Å². The minimum absolute atomic E-state index is 0.196. The summed E-state index contributed by atoms with van der Waals surface area (Å²) in [4.78, 5) is 45.4. The molecule has 0 heterocycles. The number of hydrogen-bond acceptors (Lipinski definition) is 6. The molecule has 2 aromatic carbocycles. The number of carbonyl (C=O) groups is 3.